The first-order valence-electron chi connectivity index (χ1n) is 11.6. The van der Waals surface area contributed by atoms with Gasteiger partial charge in [0, 0.05) is 11.8 Å². The molecule has 1 saturated carbocycles. The summed E-state index contributed by atoms with van der Waals surface area (Å²) in [6, 6.07) is 20.1. The van der Waals surface area contributed by atoms with Gasteiger partial charge in [0.15, 0.2) is 0 Å². The van der Waals surface area contributed by atoms with Gasteiger partial charge in [0.2, 0.25) is 5.91 Å². The summed E-state index contributed by atoms with van der Waals surface area (Å²) < 4.78 is 5.99. The second-order valence-corrected chi connectivity index (χ2v) is 9.11. The molecule has 174 valence electrons. The predicted octanol–water partition coefficient (Wildman–Crippen LogP) is 4.57. The summed E-state index contributed by atoms with van der Waals surface area (Å²) in [5.74, 6) is -0.214. The molecule has 7 nitrogen and oxygen atoms in total. The molecule has 7 heteroatoms. The van der Waals surface area contributed by atoms with Gasteiger partial charge in [0.05, 0.1) is 6.10 Å². The average Bonchev–Trinajstić information content (AvgIpc) is 3.41. The Morgan fingerprint density at radius 2 is 1.79 bits per heavy atom. The van der Waals surface area contributed by atoms with Crippen LogP contribution >= 0.6 is 0 Å². The van der Waals surface area contributed by atoms with Gasteiger partial charge in [-0.2, -0.15) is 0 Å². The van der Waals surface area contributed by atoms with Gasteiger partial charge < -0.3 is 15.4 Å². The molecule has 2 aliphatic rings. The molecule has 2 fully saturated rings. The van der Waals surface area contributed by atoms with Crippen LogP contribution in [-0.2, 0) is 15.1 Å². The van der Waals surface area contributed by atoms with Crippen molar-refractivity contribution in [3.05, 3.63) is 72.3 Å². The number of rotatable bonds is 6. The molecule has 0 spiro atoms. The molecule has 1 saturated heterocycles. The third-order valence-corrected chi connectivity index (χ3v) is 6.63. The fourth-order valence-corrected chi connectivity index (χ4v) is 4.73. The van der Waals surface area contributed by atoms with Crippen LogP contribution in [0, 0.1) is 0 Å². The zero-order valence-corrected chi connectivity index (χ0v) is 19.0. The molecule has 0 aromatic heterocycles. The molecule has 34 heavy (non-hydrogen) atoms. The number of carbonyl (C=O) groups is 3. The van der Waals surface area contributed by atoms with E-state index in [2.05, 4.69) is 10.6 Å². The Kier molecular flexibility index (Phi) is 5.69. The van der Waals surface area contributed by atoms with Crippen molar-refractivity contribution in [2.75, 3.05) is 11.9 Å². The number of fused-ring (bicyclic) bond motifs is 1. The fraction of sp³-hybridized carbons (Fsp3) is 0.296. The number of nitrogens with zero attached hydrogens (tertiary/aromatic N) is 1. The van der Waals surface area contributed by atoms with Gasteiger partial charge in [-0.1, -0.05) is 42.5 Å². The van der Waals surface area contributed by atoms with Crippen molar-refractivity contribution < 1.29 is 19.1 Å². The highest BCUT2D eigenvalue weighted by atomic mass is 16.5. The first-order chi connectivity index (χ1) is 16.4. The SMILES string of the molecule is C[C@]1(c2ccc3ccccc3c2)NC(=O)N(CC(=O)Nc2cccc(OC3CCCC3)c2)C1=O. The van der Waals surface area contributed by atoms with Crippen molar-refractivity contribution in [3.63, 3.8) is 0 Å². The molecular formula is C27H27N3O4. The molecule has 5 rings (SSSR count). The molecule has 4 amide bonds. The number of amides is 4. The third-order valence-electron chi connectivity index (χ3n) is 6.63. The second-order valence-electron chi connectivity index (χ2n) is 9.11. The second kappa shape index (κ2) is 8.82. The Hall–Kier alpha value is -3.87. The lowest BCUT2D eigenvalue weighted by molar-refractivity contribution is -0.133. The van der Waals surface area contributed by atoms with Gasteiger partial charge >= 0.3 is 6.03 Å². The molecule has 1 aliphatic heterocycles. The highest BCUT2D eigenvalue weighted by Crippen LogP contribution is 2.31. The summed E-state index contributed by atoms with van der Waals surface area (Å²) >= 11 is 0. The number of nitrogens with one attached hydrogen (secondary N) is 2. The van der Waals surface area contributed by atoms with Crippen LogP contribution in [0.2, 0.25) is 0 Å². The molecule has 1 aliphatic carbocycles. The number of imide groups is 1. The Morgan fingerprint density at radius 3 is 2.59 bits per heavy atom. The molecule has 0 bridgehead atoms. The smallest absolute Gasteiger partial charge is 0.325 e. The number of urea groups is 1. The van der Waals surface area contributed by atoms with Gasteiger partial charge in [0.1, 0.15) is 17.8 Å². The molecule has 3 aromatic carbocycles. The van der Waals surface area contributed by atoms with Crippen molar-refractivity contribution in [3.8, 4) is 5.75 Å². The monoisotopic (exact) mass is 457 g/mol. The van der Waals surface area contributed by atoms with E-state index in [-0.39, 0.29) is 12.6 Å². The van der Waals surface area contributed by atoms with E-state index in [1.54, 1.807) is 19.1 Å². The molecule has 1 heterocycles. The van der Waals surface area contributed by atoms with E-state index in [0.29, 0.717) is 17.0 Å². The Morgan fingerprint density at radius 1 is 1.03 bits per heavy atom. The minimum absolute atomic E-state index is 0.213. The van der Waals surface area contributed by atoms with Crippen LogP contribution in [0.5, 0.6) is 5.75 Å². The maximum atomic E-state index is 13.3. The van der Waals surface area contributed by atoms with Crippen LogP contribution in [0.3, 0.4) is 0 Å². The summed E-state index contributed by atoms with van der Waals surface area (Å²) in [5.41, 5.74) is -0.00904. The highest BCUT2D eigenvalue weighted by molar-refractivity contribution is 6.10. The van der Waals surface area contributed by atoms with E-state index in [4.69, 9.17) is 4.74 Å². The highest BCUT2D eigenvalue weighted by Gasteiger charge is 2.49. The van der Waals surface area contributed by atoms with Gasteiger partial charge in [-0.3, -0.25) is 14.5 Å². The average molecular weight is 458 g/mol. The van der Waals surface area contributed by atoms with Crippen molar-refractivity contribution in [2.24, 2.45) is 0 Å². The van der Waals surface area contributed by atoms with Crippen molar-refractivity contribution in [1.82, 2.24) is 10.2 Å². The number of benzene rings is 3. The number of anilines is 1. The quantitative estimate of drug-likeness (QED) is 0.531. The maximum Gasteiger partial charge on any atom is 0.325 e. The topological polar surface area (TPSA) is 87.7 Å². The largest absolute Gasteiger partial charge is 0.490 e. The van der Waals surface area contributed by atoms with Crippen LogP contribution in [0.25, 0.3) is 10.8 Å². The lowest BCUT2D eigenvalue weighted by Crippen LogP contribution is -2.42. The minimum Gasteiger partial charge on any atom is -0.490 e. The molecule has 0 unspecified atom stereocenters. The van der Waals surface area contributed by atoms with Crippen LogP contribution in [-0.4, -0.2) is 35.4 Å². The molecule has 0 radical (unpaired) electrons. The van der Waals surface area contributed by atoms with Crippen molar-refractivity contribution in [1.29, 1.82) is 0 Å². The summed E-state index contributed by atoms with van der Waals surface area (Å²) in [6.45, 7) is 1.29. The van der Waals surface area contributed by atoms with Gasteiger partial charge in [-0.15, -0.1) is 0 Å². The lowest BCUT2D eigenvalue weighted by Gasteiger charge is -2.22. The van der Waals surface area contributed by atoms with Crippen LogP contribution < -0.4 is 15.4 Å². The van der Waals surface area contributed by atoms with Crippen LogP contribution in [0.4, 0.5) is 10.5 Å². The van der Waals surface area contributed by atoms with Crippen molar-refractivity contribution >= 4 is 34.3 Å². The van der Waals surface area contributed by atoms with Gasteiger partial charge in [-0.05, 0) is 67.1 Å². The maximum absolute atomic E-state index is 13.3. The number of hydrogen-bond acceptors (Lipinski definition) is 4. The molecule has 3 aromatic rings. The summed E-state index contributed by atoms with van der Waals surface area (Å²) in [5, 5.41) is 7.56. The van der Waals surface area contributed by atoms with E-state index < -0.39 is 23.4 Å². The number of ether oxygens (including phenoxy) is 1. The van der Waals surface area contributed by atoms with E-state index in [9.17, 15) is 14.4 Å². The minimum atomic E-state index is -1.24. The Labute approximate surface area is 198 Å². The summed E-state index contributed by atoms with van der Waals surface area (Å²) in [4.78, 5) is 39.6. The Bertz CT molecular complexity index is 1270. The van der Waals surface area contributed by atoms with Crippen LogP contribution in [0.1, 0.15) is 38.2 Å². The molecular weight excluding hydrogens is 430 g/mol. The predicted molar refractivity (Wildman–Crippen MR) is 130 cm³/mol. The zero-order chi connectivity index (χ0) is 23.7. The molecule has 2 N–H and O–H groups in total. The van der Waals surface area contributed by atoms with E-state index in [1.807, 2.05) is 54.6 Å². The standard InChI is InChI=1S/C27H27N3O4/c1-27(20-14-13-18-7-2-3-8-19(18)15-20)25(32)30(26(33)29-27)17-24(31)28-21-9-6-12-23(16-21)34-22-10-4-5-11-22/h2-3,6-9,12-16,22H,4-5,10-11,17H2,1H3,(H,28,31)(H,29,33)/t27-/m1/s1. The third kappa shape index (κ3) is 4.21. The number of carbonyl (C=O) groups excluding carboxylic acids is 3. The van der Waals surface area contributed by atoms with Gasteiger partial charge in [0.25, 0.3) is 5.91 Å². The summed E-state index contributed by atoms with van der Waals surface area (Å²) in [6.07, 6.45) is 4.64. The van der Waals surface area contributed by atoms with E-state index in [1.165, 1.54) is 12.8 Å². The molecule has 1 atom stereocenters. The number of hydrogen-bond donors (Lipinski definition) is 2. The lowest BCUT2D eigenvalue weighted by atomic mass is 9.90. The van der Waals surface area contributed by atoms with E-state index >= 15 is 0 Å². The zero-order valence-electron chi connectivity index (χ0n) is 19.0. The van der Waals surface area contributed by atoms with E-state index in [0.717, 1.165) is 28.5 Å². The first-order valence-corrected chi connectivity index (χ1v) is 11.6. The normalized spacial score (nSPS) is 20.6. The van der Waals surface area contributed by atoms with Crippen LogP contribution in [0.15, 0.2) is 66.7 Å². The first kappa shape index (κ1) is 21.9. The Balaban J connectivity index is 1.27. The van der Waals surface area contributed by atoms with Gasteiger partial charge in [-0.25, -0.2) is 4.79 Å². The van der Waals surface area contributed by atoms with Crippen molar-refractivity contribution in [2.45, 2.75) is 44.2 Å². The fourth-order valence-electron chi connectivity index (χ4n) is 4.73. The summed E-state index contributed by atoms with van der Waals surface area (Å²) in [7, 11) is 0.